The average Bonchev–Trinajstić information content (AvgIpc) is 3.10. The summed E-state index contributed by atoms with van der Waals surface area (Å²) < 4.78 is 30.3. The Kier molecular flexibility index (Phi) is 5.49. The molecule has 3 aromatic rings. The number of hydrogen-bond donors (Lipinski definition) is 1. The van der Waals surface area contributed by atoms with Gasteiger partial charge in [-0.15, -0.1) is 11.8 Å². The molecule has 0 unspecified atom stereocenters. The zero-order valence-electron chi connectivity index (χ0n) is 14.0. The lowest BCUT2D eigenvalue weighted by Gasteiger charge is -2.07. The molecular formula is C19H17NO4S2. The Labute approximate surface area is 156 Å². The number of anilines is 1. The lowest BCUT2D eigenvalue weighted by molar-refractivity contribution is 0.0996. The molecule has 0 aliphatic carbocycles. The van der Waals surface area contributed by atoms with Gasteiger partial charge >= 0.3 is 0 Å². The van der Waals surface area contributed by atoms with E-state index in [1.165, 1.54) is 24.5 Å². The molecule has 134 valence electrons. The summed E-state index contributed by atoms with van der Waals surface area (Å²) in [7, 11) is -3.56. The smallest absolute Gasteiger partial charge is 0.291 e. The van der Waals surface area contributed by atoms with Crippen LogP contribution >= 0.6 is 11.8 Å². The summed E-state index contributed by atoms with van der Waals surface area (Å²) >= 11 is 1.60. The topological polar surface area (TPSA) is 76.4 Å². The Hall–Kier alpha value is -2.51. The van der Waals surface area contributed by atoms with Gasteiger partial charge in [0.05, 0.1) is 16.9 Å². The van der Waals surface area contributed by atoms with E-state index in [1.807, 2.05) is 18.4 Å². The molecular weight excluding hydrogens is 370 g/mol. The fourth-order valence-electron chi connectivity index (χ4n) is 2.43. The first-order chi connectivity index (χ1) is 12.5. The third-order valence-electron chi connectivity index (χ3n) is 3.75. The van der Waals surface area contributed by atoms with Crippen molar-refractivity contribution in [2.75, 3.05) is 11.6 Å². The summed E-state index contributed by atoms with van der Waals surface area (Å²) in [6.45, 7) is 0. The van der Waals surface area contributed by atoms with Gasteiger partial charge in [0.1, 0.15) is 0 Å². The zero-order chi connectivity index (χ0) is 18.6. The SMILES string of the molecule is CSc1ccc(NC(=O)c2occc2CS(=O)(=O)c2ccccc2)cc1. The largest absolute Gasteiger partial charge is 0.459 e. The predicted molar refractivity (Wildman–Crippen MR) is 102 cm³/mol. The average molecular weight is 387 g/mol. The quantitative estimate of drug-likeness (QED) is 0.641. The molecule has 0 saturated carbocycles. The van der Waals surface area contributed by atoms with Crippen LogP contribution in [0.25, 0.3) is 0 Å². The molecule has 0 bridgehead atoms. The molecule has 1 heterocycles. The highest BCUT2D eigenvalue weighted by Crippen LogP contribution is 2.22. The van der Waals surface area contributed by atoms with Crippen molar-refractivity contribution in [3.05, 3.63) is 78.3 Å². The molecule has 3 rings (SSSR count). The van der Waals surface area contributed by atoms with Crippen LogP contribution in [0, 0.1) is 0 Å². The number of hydrogen-bond acceptors (Lipinski definition) is 5. The monoisotopic (exact) mass is 387 g/mol. The summed E-state index contributed by atoms with van der Waals surface area (Å²) in [5.41, 5.74) is 0.938. The molecule has 5 nitrogen and oxygen atoms in total. The van der Waals surface area contributed by atoms with Crippen LogP contribution in [0.5, 0.6) is 0 Å². The van der Waals surface area contributed by atoms with Gasteiger partial charge in [0.25, 0.3) is 5.91 Å². The van der Waals surface area contributed by atoms with Gasteiger partial charge in [-0.25, -0.2) is 8.42 Å². The van der Waals surface area contributed by atoms with Crippen LogP contribution in [-0.4, -0.2) is 20.6 Å². The Morgan fingerprint density at radius 2 is 1.73 bits per heavy atom. The van der Waals surface area contributed by atoms with Crippen molar-refractivity contribution in [1.82, 2.24) is 0 Å². The lowest BCUT2D eigenvalue weighted by atomic mass is 10.2. The predicted octanol–water partition coefficient (Wildman–Crippen LogP) is 4.23. The molecule has 0 aliphatic heterocycles. The Morgan fingerprint density at radius 1 is 1.04 bits per heavy atom. The number of carbonyl (C=O) groups is 1. The van der Waals surface area contributed by atoms with Gasteiger partial charge in [0.15, 0.2) is 15.6 Å². The highest BCUT2D eigenvalue weighted by molar-refractivity contribution is 7.98. The van der Waals surface area contributed by atoms with Gasteiger partial charge in [-0.3, -0.25) is 4.79 Å². The van der Waals surface area contributed by atoms with E-state index in [-0.39, 0.29) is 16.4 Å². The third-order valence-corrected chi connectivity index (χ3v) is 6.17. The van der Waals surface area contributed by atoms with Crippen molar-refractivity contribution < 1.29 is 17.6 Å². The zero-order valence-corrected chi connectivity index (χ0v) is 15.6. The van der Waals surface area contributed by atoms with Crippen molar-refractivity contribution in [3.8, 4) is 0 Å². The van der Waals surface area contributed by atoms with Crippen molar-refractivity contribution in [2.24, 2.45) is 0 Å². The summed E-state index contributed by atoms with van der Waals surface area (Å²) in [6.07, 6.45) is 3.29. The minimum absolute atomic E-state index is 0.00144. The summed E-state index contributed by atoms with van der Waals surface area (Å²) in [6, 6.07) is 17.0. The van der Waals surface area contributed by atoms with Gasteiger partial charge in [-0.05, 0) is 48.7 Å². The van der Waals surface area contributed by atoms with E-state index in [0.717, 1.165) is 4.90 Å². The molecule has 0 saturated heterocycles. The van der Waals surface area contributed by atoms with Crippen LogP contribution in [0.1, 0.15) is 16.1 Å². The van der Waals surface area contributed by atoms with E-state index in [4.69, 9.17) is 4.42 Å². The number of rotatable bonds is 6. The van der Waals surface area contributed by atoms with Crippen molar-refractivity contribution in [2.45, 2.75) is 15.5 Å². The third kappa shape index (κ3) is 4.17. The second-order valence-corrected chi connectivity index (χ2v) is 8.40. The fraction of sp³-hybridized carbons (Fsp3) is 0.105. The number of benzene rings is 2. The van der Waals surface area contributed by atoms with Crippen LogP contribution in [0.2, 0.25) is 0 Å². The van der Waals surface area contributed by atoms with E-state index in [1.54, 1.807) is 42.1 Å². The normalized spacial score (nSPS) is 11.3. The molecule has 0 fully saturated rings. The minimum Gasteiger partial charge on any atom is -0.459 e. The van der Waals surface area contributed by atoms with Crippen LogP contribution in [-0.2, 0) is 15.6 Å². The van der Waals surface area contributed by atoms with Crippen molar-refractivity contribution >= 4 is 33.2 Å². The fourth-order valence-corrected chi connectivity index (χ4v) is 4.21. The molecule has 1 amide bonds. The number of amides is 1. The van der Waals surface area contributed by atoms with Gasteiger partial charge in [-0.1, -0.05) is 18.2 Å². The standard InChI is InChI=1S/C19H17NO4S2/c1-25-16-9-7-15(8-10-16)20-19(21)18-14(11-12-24-18)13-26(22,23)17-5-3-2-4-6-17/h2-12H,13H2,1H3,(H,20,21). The Balaban J connectivity index is 1.78. The maximum atomic E-state index is 12.5. The number of nitrogens with one attached hydrogen (secondary N) is 1. The summed E-state index contributed by atoms with van der Waals surface area (Å²) in [5, 5.41) is 2.72. The number of sulfone groups is 1. The van der Waals surface area contributed by atoms with Crippen LogP contribution in [0.3, 0.4) is 0 Å². The number of carbonyl (C=O) groups excluding carboxylic acids is 1. The van der Waals surface area contributed by atoms with Crippen molar-refractivity contribution in [3.63, 3.8) is 0 Å². The molecule has 0 radical (unpaired) electrons. The first-order valence-corrected chi connectivity index (χ1v) is 10.7. The first kappa shape index (κ1) is 18.3. The molecule has 0 atom stereocenters. The molecule has 0 spiro atoms. The van der Waals surface area contributed by atoms with Crippen molar-refractivity contribution in [1.29, 1.82) is 0 Å². The number of furan rings is 1. The molecule has 7 heteroatoms. The van der Waals surface area contributed by atoms with E-state index >= 15 is 0 Å². The molecule has 1 N–H and O–H groups in total. The van der Waals surface area contributed by atoms with Crippen LogP contribution in [0.15, 0.2) is 81.1 Å². The molecule has 2 aromatic carbocycles. The van der Waals surface area contributed by atoms with Gasteiger partial charge in [0.2, 0.25) is 0 Å². The Morgan fingerprint density at radius 3 is 2.38 bits per heavy atom. The second kappa shape index (κ2) is 7.80. The Bertz CT molecular complexity index is 994. The van der Waals surface area contributed by atoms with Gasteiger partial charge in [0, 0.05) is 16.1 Å². The molecule has 26 heavy (non-hydrogen) atoms. The summed E-state index contributed by atoms with van der Waals surface area (Å²) in [5.74, 6) is -0.787. The first-order valence-electron chi connectivity index (χ1n) is 7.79. The van der Waals surface area contributed by atoms with Crippen LogP contribution in [0.4, 0.5) is 5.69 Å². The summed E-state index contributed by atoms with van der Waals surface area (Å²) in [4.78, 5) is 13.8. The van der Waals surface area contributed by atoms with Gasteiger partial charge in [-0.2, -0.15) is 0 Å². The van der Waals surface area contributed by atoms with Gasteiger partial charge < -0.3 is 9.73 Å². The molecule has 0 aliphatic rings. The van der Waals surface area contributed by atoms with E-state index < -0.39 is 15.7 Å². The number of thioether (sulfide) groups is 1. The van der Waals surface area contributed by atoms with E-state index in [9.17, 15) is 13.2 Å². The second-order valence-electron chi connectivity index (χ2n) is 5.53. The maximum absolute atomic E-state index is 12.5. The molecule has 1 aromatic heterocycles. The van der Waals surface area contributed by atoms with Crippen LogP contribution < -0.4 is 5.32 Å². The van der Waals surface area contributed by atoms with E-state index in [0.29, 0.717) is 11.3 Å². The highest BCUT2D eigenvalue weighted by Gasteiger charge is 2.22. The van der Waals surface area contributed by atoms with E-state index in [2.05, 4.69) is 5.32 Å². The highest BCUT2D eigenvalue weighted by atomic mass is 32.2. The lowest BCUT2D eigenvalue weighted by Crippen LogP contribution is -2.14. The minimum atomic E-state index is -3.56. The maximum Gasteiger partial charge on any atom is 0.291 e.